The number of anilines is 5. The molecule has 2 atom stereocenters. The predicted octanol–water partition coefficient (Wildman–Crippen LogP) is 6.26. The van der Waals surface area contributed by atoms with Gasteiger partial charge in [-0.2, -0.15) is 10.1 Å². The molecule has 11 rings (SSSR count). The second-order valence-electron chi connectivity index (χ2n) is 17.8. The number of hydrogen-bond acceptors (Lipinski definition) is 12. The van der Waals surface area contributed by atoms with Gasteiger partial charge in [0.2, 0.25) is 23.5 Å². The maximum absolute atomic E-state index is 15.2. The summed E-state index contributed by atoms with van der Waals surface area (Å²) >= 11 is 6.71. The van der Waals surface area contributed by atoms with Crippen molar-refractivity contribution in [1.29, 1.82) is 0 Å². The van der Waals surface area contributed by atoms with Gasteiger partial charge in [0, 0.05) is 74.8 Å². The number of carbonyl (C=O) groups is 2. The molecule has 64 heavy (non-hydrogen) atoms. The average molecular weight is 893 g/mol. The first-order chi connectivity index (χ1) is 30.8. The molecule has 4 aromatic heterocycles. The molecule has 0 bridgehead atoms. The molecule has 4 aliphatic heterocycles. The Hall–Kier alpha value is -6.30. The number of halogens is 3. The Morgan fingerprint density at radius 2 is 1.72 bits per heavy atom. The smallest absolute Gasteiger partial charge is 0.301 e. The highest BCUT2D eigenvalue weighted by Crippen LogP contribution is 2.46. The zero-order chi connectivity index (χ0) is 44.2. The molecule has 1 aliphatic carbocycles. The summed E-state index contributed by atoms with van der Waals surface area (Å²) in [7, 11) is 3.49. The molecule has 2 aromatic carbocycles. The Morgan fingerprint density at radius 3 is 2.50 bits per heavy atom. The number of fused-ring (bicyclic) bond motifs is 5. The molecule has 2 amide bonds. The van der Waals surface area contributed by atoms with E-state index >= 15 is 8.78 Å². The third kappa shape index (κ3) is 6.87. The van der Waals surface area contributed by atoms with Gasteiger partial charge in [0.05, 0.1) is 58.5 Å². The standard InChI is InChI=1S/C45H47ClF2N12O4/c1-23-50-36(24-12-14-58(15-13-24)27-7-8-28-33(19-27)57(3)55-37(28)29-9-11-35(61)52-42(29)62)34-21-59(16-17-60(23)34)44-49-20-31(46)41(54-44)51-26-6-10-32-30(18-26)38-39(43(63)56(32)2)64-22-45(47,48)40(53-38)25-4-5-25/h6-8,10,18-20,24-25,29,40,53H,4-5,9,11-17,21-22H2,1-3H3,(H,49,51,54)(H,52,61,62)/t29?,40-/m0/s1. The van der Waals surface area contributed by atoms with E-state index in [4.69, 9.17) is 31.4 Å². The highest BCUT2D eigenvalue weighted by atomic mass is 35.5. The number of nitrogens with one attached hydrogen (secondary N) is 3. The minimum absolute atomic E-state index is 0.118. The van der Waals surface area contributed by atoms with Crippen LogP contribution in [0.2, 0.25) is 5.02 Å². The van der Waals surface area contributed by atoms with Crippen molar-refractivity contribution in [3.05, 3.63) is 80.9 Å². The van der Waals surface area contributed by atoms with Gasteiger partial charge in [0.25, 0.3) is 5.56 Å². The second kappa shape index (κ2) is 15.2. The molecule has 16 nitrogen and oxygen atoms in total. The normalized spacial score (nSPS) is 21.3. The van der Waals surface area contributed by atoms with E-state index in [0.717, 1.165) is 66.3 Å². The van der Waals surface area contributed by atoms with Gasteiger partial charge < -0.3 is 34.3 Å². The van der Waals surface area contributed by atoms with Crippen molar-refractivity contribution in [3.63, 3.8) is 0 Å². The van der Waals surface area contributed by atoms with Crippen LogP contribution < -0.4 is 36.0 Å². The summed E-state index contributed by atoms with van der Waals surface area (Å²) in [5, 5.41) is 15.4. The van der Waals surface area contributed by atoms with Crippen LogP contribution in [0.25, 0.3) is 21.8 Å². The van der Waals surface area contributed by atoms with Crippen molar-refractivity contribution in [2.45, 2.75) is 82.3 Å². The maximum Gasteiger partial charge on any atom is 0.301 e. The Kier molecular flexibility index (Phi) is 9.59. The molecule has 6 aromatic rings. The van der Waals surface area contributed by atoms with Gasteiger partial charge in [-0.15, -0.1) is 0 Å². The lowest BCUT2D eigenvalue weighted by Crippen LogP contribution is -2.44. The molecule has 1 saturated carbocycles. The Balaban J connectivity index is 0.807. The topological polar surface area (TPSA) is 169 Å². The summed E-state index contributed by atoms with van der Waals surface area (Å²) in [5.41, 5.74) is 5.95. The fourth-order valence-corrected chi connectivity index (χ4v) is 10.3. The van der Waals surface area contributed by atoms with Gasteiger partial charge in [-0.25, -0.2) is 18.7 Å². The minimum Gasteiger partial charge on any atom is -0.480 e. The van der Waals surface area contributed by atoms with Crippen molar-refractivity contribution >= 4 is 74.0 Å². The molecular formula is C45H47ClF2N12O4. The molecule has 3 fully saturated rings. The molecule has 0 spiro atoms. The lowest BCUT2D eigenvalue weighted by molar-refractivity contribution is -0.134. The van der Waals surface area contributed by atoms with E-state index in [0.29, 0.717) is 77.8 Å². The van der Waals surface area contributed by atoms with Crippen molar-refractivity contribution in [2.75, 3.05) is 46.7 Å². The second-order valence-corrected chi connectivity index (χ2v) is 18.2. The van der Waals surface area contributed by atoms with E-state index < -0.39 is 30.0 Å². The third-order valence-corrected chi connectivity index (χ3v) is 14.1. The van der Waals surface area contributed by atoms with Crippen LogP contribution in [-0.4, -0.2) is 83.9 Å². The zero-order valence-electron chi connectivity index (χ0n) is 35.6. The number of benzene rings is 2. The van der Waals surface area contributed by atoms with Gasteiger partial charge in [0.1, 0.15) is 10.8 Å². The SMILES string of the molecule is Cc1nc(C2CCN(c3ccc4c(C5CCC(=O)NC5=O)nn(C)c4c3)CC2)c2n1CCN(c1ncc(Cl)c(Nc3ccc4c(c3)c3c(c(=O)n4C)OCC(F)(F)[C@H](C4CC4)N3)n1)C2. The first kappa shape index (κ1) is 40.5. The summed E-state index contributed by atoms with van der Waals surface area (Å²) in [6, 6.07) is 10.5. The number of pyridine rings is 1. The number of ether oxygens (including phenoxy) is 1. The van der Waals surface area contributed by atoms with E-state index in [9.17, 15) is 14.4 Å². The fraction of sp³-hybridized carbons (Fsp3) is 0.444. The molecule has 0 radical (unpaired) electrons. The minimum atomic E-state index is -3.14. The lowest BCUT2D eigenvalue weighted by atomic mass is 9.91. The first-order valence-corrected chi connectivity index (χ1v) is 22.3. The van der Waals surface area contributed by atoms with E-state index in [1.54, 1.807) is 31.4 Å². The quantitative estimate of drug-likeness (QED) is 0.154. The van der Waals surface area contributed by atoms with Crippen LogP contribution in [0.1, 0.15) is 73.3 Å². The number of imide groups is 1. The van der Waals surface area contributed by atoms with E-state index in [2.05, 4.69) is 54.4 Å². The highest BCUT2D eigenvalue weighted by Gasteiger charge is 2.51. The zero-order valence-corrected chi connectivity index (χ0v) is 36.4. The van der Waals surface area contributed by atoms with Crippen molar-refractivity contribution < 1.29 is 23.1 Å². The van der Waals surface area contributed by atoms with Crippen LogP contribution >= 0.6 is 11.6 Å². The summed E-state index contributed by atoms with van der Waals surface area (Å²) < 4.78 is 41.6. The number of imidazole rings is 1. The van der Waals surface area contributed by atoms with E-state index in [1.807, 2.05) is 17.8 Å². The highest BCUT2D eigenvalue weighted by molar-refractivity contribution is 6.33. The number of aromatic nitrogens is 7. The van der Waals surface area contributed by atoms with Gasteiger partial charge in [-0.1, -0.05) is 11.6 Å². The molecule has 8 heterocycles. The van der Waals surface area contributed by atoms with Crippen LogP contribution in [0.3, 0.4) is 0 Å². The van der Waals surface area contributed by atoms with Crippen LogP contribution in [0.4, 0.5) is 37.6 Å². The van der Waals surface area contributed by atoms with E-state index in [1.165, 1.54) is 4.57 Å². The Morgan fingerprint density at radius 1 is 0.906 bits per heavy atom. The molecule has 1 unspecified atom stereocenters. The Bertz CT molecular complexity index is 2970. The van der Waals surface area contributed by atoms with Crippen LogP contribution in [0.5, 0.6) is 5.75 Å². The maximum atomic E-state index is 15.2. The number of piperidine rings is 2. The molecule has 3 N–H and O–H groups in total. The largest absolute Gasteiger partial charge is 0.480 e. The molecule has 2 saturated heterocycles. The monoisotopic (exact) mass is 892 g/mol. The van der Waals surface area contributed by atoms with Crippen LogP contribution in [0.15, 0.2) is 47.4 Å². The molecule has 19 heteroatoms. The number of hydrogen-bond donors (Lipinski definition) is 3. The van der Waals surface area contributed by atoms with Crippen molar-refractivity contribution in [2.24, 2.45) is 20.0 Å². The fourth-order valence-electron chi connectivity index (χ4n) is 10.2. The number of alkyl halides is 2. The Labute approximate surface area is 370 Å². The number of carbonyl (C=O) groups excluding carboxylic acids is 2. The third-order valence-electron chi connectivity index (χ3n) is 13.8. The van der Waals surface area contributed by atoms with Gasteiger partial charge in [-0.05, 0) is 81.3 Å². The number of nitrogens with zero attached hydrogens (tertiary/aromatic N) is 9. The van der Waals surface area contributed by atoms with Gasteiger partial charge in [0.15, 0.2) is 12.4 Å². The van der Waals surface area contributed by atoms with Crippen molar-refractivity contribution in [1.82, 2.24) is 39.2 Å². The van der Waals surface area contributed by atoms with Crippen LogP contribution in [0, 0.1) is 12.8 Å². The van der Waals surface area contributed by atoms with Crippen molar-refractivity contribution in [3.8, 4) is 5.75 Å². The first-order valence-electron chi connectivity index (χ1n) is 21.9. The van der Waals surface area contributed by atoms with Gasteiger partial charge in [-0.3, -0.25) is 24.4 Å². The molecule has 332 valence electrons. The number of aryl methyl sites for hydroxylation is 3. The summed E-state index contributed by atoms with van der Waals surface area (Å²) in [5.74, 6) is -2.30. The van der Waals surface area contributed by atoms with E-state index in [-0.39, 0.29) is 35.1 Å². The average Bonchev–Trinajstić information content (AvgIpc) is 4.03. The summed E-state index contributed by atoms with van der Waals surface area (Å²) in [4.78, 5) is 57.0. The lowest BCUT2D eigenvalue weighted by Gasteiger charge is -2.35. The number of rotatable bonds is 7. The van der Waals surface area contributed by atoms with Crippen LogP contribution in [-0.2, 0) is 36.8 Å². The van der Waals surface area contributed by atoms with Gasteiger partial charge >= 0.3 is 5.92 Å². The molecule has 5 aliphatic rings. The predicted molar refractivity (Wildman–Crippen MR) is 238 cm³/mol. The summed E-state index contributed by atoms with van der Waals surface area (Å²) in [6.45, 7) is 4.85. The summed E-state index contributed by atoms with van der Waals surface area (Å²) in [6.07, 6.45) is 5.57. The molecular weight excluding hydrogens is 846 g/mol. The number of amides is 2.